The first-order valence-corrected chi connectivity index (χ1v) is 5.46. The largest absolute Gasteiger partial charge is 0.493 e. The molecule has 0 heterocycles. The molecular formula is C12H19N3O2. The lowest BCUT2D eigenvalue weighted by Gasteiger charge is -2.14. The van der Waals surface area contributed by atoms with Crippen molar-refractivity contribution >= 4 is 11.6 Å². The van der Waals surface area contributed by atoms with Gasteiger partial charge in [0.1, 0.15) is 5.75 Å². The van der Waals surface area contributed by atoms with Gasteiger partial charge in [0, 0.05) is 32.3 Å². The van der Waals surface area contributed by atoms with Crippen molar-refractivity contribution in [1.82, 2.24) is 0 Å². The van der Waals surface area contributed by atoms with Crippen molar-refractivity contribution in [2.24, 2.45) is 11.5 Å². The summed E-state index contributed by atoms with van der Waals surface area (Å²) in [4.78, 5) is 12.7. The quantitative estimate of drug-likeness (QED) is 0.747. The molecular weight excluding hydrogens is 218 g/mol. The number of benzene rings is 1. The molecule has 1 amide bonds. The van der Waals surface area contributed by atoms with Crippen LogP contribution in [0.5, 0.6) is 5.75 Å². The Hall–Kier alpha value is -1.75. The van der Waals surface area contributed by atoms with E-state index in [0.29, 0.717) is 13.0 Å². The van der Waals surface area contributed by atoms with Gasteiger partial charge in [-0.25, -0.2) is 0 Å². The molecule has 0 aromatic heterocycles. The number of rotatable bonds is 6. The van der Waals surface area contributed by atoms with Gasteiger partial charge in [-0.15, -0.1) is 0 Å². The highest BCUT2D eigenvalue weighted by molar-refractivity contribution is 5.79. The summed E-state index contributed by atoms with van der Waals surface area (Å²) < 4.78 is 5.50. The van der Waals surface area contributed by atoms with Crippen LogP contribution in [0.1, 0.15) is 6.42 Å². The van der Waals surface area contributed by atoms with Gasteiger partial charge < -0.3 is 21.1 Å². The van der Waals surface area contributed by atoms with Gasteiger partial charge in [-0.1, -0.05) is 6.07 Å². The number of hydrogen-bond acceptors (Lipinski definition) is 4. The van der Waals surface area contributed by atoms with Crippen molar-refractivity contribution < 1.29 is 9.53 Å². The number of amides is 1. The van der Waals surface area contributed by atoms with Crippen LogP contribution in [0.2, 0.25) is 0 Å². The van der Waals surface area contributed by atoms with Gasteiger partial charge >= 0.3 is 0 Å². The van der Waals surface area contributed by atoms with Crippen LogP contribution in [0.4, 0.5) is 5.69 Å². The third-order valence-corrected chi connectivity index (χ3v) is 2.40. The second-order valence-corrected chi connectivity index (χ2v) is 4.04. The Morgan fingerprint density at radius 1 is 1.47 bits per heavy atom. The van der Waals surface area contributed by atoms with Crippen LogP contribution in [0.15, 0.2) is 24.3 Å². The Kier molecular flexibility index (Phi) is 4.78. The summed E-state index contributed by atoms with van der Waals surface area (Å²) in [5, 5.41) is 0. The Bertz CT molecular complexity index is 380. The van der Waals surface area contributed by atoms with Gasteiger partial charge in [-0.3, -0.25) is 4.79 Å². The van der Waals surface area contributed by atoms with E-state index in [0.717, 1.165) is 11.4 Å². The van der Waals surface area contributed by atoms with E-state index in [9.17, 15) is 4.79 Å². The van der Waals surface area contributed by atoms with Gasteiger partial charge in [-0.2, -0.15) is 0 Å². The number of anilines is 1. The van der Waals surface area contributed by atoms with Crippen molar-refractivity contribution in [3.8, 4) is 5.75 Å². The lowest BCUT2D eigenvalue weighted by Crippen LogP contribution is -2.37. The molecule has 0 aliphatic carbocycles. The highest BCUT2D eigenvalue weighted by Gasteiger charge is 2.08. The molecule has 1 aromatic rings. The third kappa shape index (κ3) is 4.32. The minimum Gasteiger partial charge on any atom is -0.493 e. The molecule has 94 valence electrons. The van der Waals surface area contributed by atoms with Crippen LogP contribution in [0, 0.1) is 0 Å². The lowest BCUT2D eigenvalue weighted by atomic mass is 10.2. The van der Waals surface area contributed by atoms with Crippen molar-refractivity contribution in [2.45, 2.75) is 12.5 Å². The van der Waals surface area contributed by atoms with Crippen molar-refractivity contribution in [3.05, 3.63) is 24.3 Å². The first-order chi connectivity index (χ1) is 8.00. The van der Waals surface area contributed by atoms with Gasteiger partial charge in [0.15, 0.2) is 0 Å². The minimum absolute atomic E-state index is 0.376. The molecule has 0 aliphatic heterocycles. The Morgan fingerprint density at radius 2 is 2.18 bits per heavy atom. The molecule has 0 saturated heterocycles. The van der Waals surface area contributed by atoms with Gasteiger partial charge in [0.05, 0.1) is 12.6 Å². The summed E-state index contributed by atoms with van der Waals surface area (Å²) >= 11 is 0. The topological polar surface area (TPSA) is 81.6 Å². The van der Waals surface area contributed by atoms with E-state index in [4.69, 9.17) is 16.2 Å². The number of nitrogens with zero attached hydrogens (tertiary/aromatic N) is 1. The van der Waals surface area contributed by atoms with E-state index in [2.05, 4.69) is 0 Å². The first kappa shape index (κ1) is 13.3. The maximum Gasteiger partial charge on any atom is 0.234 e. The molecule has 0 fully saturated rings. The molecule has 1 aromatic carbocycles. The summed E-state index contributed by atoms with van der Waals surface area (Å²) in [5.74, 6) is 0.253. The number of carbonyl (C=O) groups is 1. The number of ether oxygens (including phenoxy) is 1. The minimum atomic E-state index is -0.646. The third-order valence-electron chi connectivity index (χ3n) is 2.40. The SMILES string of the molecule is CN(C)c1cccc(OCCC(N)C(N)=O)c1. The maximum absolute atomic E-state index is 10.7. The van der Waals surface area contributed by atoms with Crippen LogP contribution >= 0.6 is 0 Å². The molecule has 0 saturated carbocycles. The van der Waals surface area contributed by atoms with Gasteiger partial charge in [0.25, 0.3) is 0 Å². The fourth-order valence-electron chi connectivity index (χ4n) is 1.30. The Morgan fingerprint density at radius 3 is 2.76 bits per heavy atom. The number of hydrogen-bond donors (Lipinski definition) is 2. The fourth-order valence-corrected chi connectivity index (χ4v) is 1.30. The molecule has 0 bridgehead atoms. The molecule has 4 N–H and O–H groups in total. The maximum atomic E-state index is 10.7. The molecule has 0 radical (unpaired) electrons. The molecule has 17 heavy (non-hydrogen) atoms. The summed E-state index contributed by atoms with van der Waals surface area (Å²) in [6.07, 6.45) is 0.418. The van der Waals surface area contributed by atoms with E-state index >= 15 is 0 Å². The predicted molar refractivity (Wildman–Crippen MR) is 68.1 cm³/mol. The molecule has 5 nitrogen and oxygen atoms in total. The summed E-state index contributed by atoms with van der Waals surface area (Å²) in [5.41, 5.74) is 11.6. The van der Waals surface area contributed by atoms with Crippen molar-refractivity contribution in [3.63, 3.8) is 0 Å². The van der Waals surface area contributed by atoms with E-state index in [1.54, 1.807) is 0 Å². The highest BCUT2D eigenvalue weighted by Crippen LogP contribution is 2.19. The molecule has 0 aliphatic rings. The molecule has 1 unspecified atom stereocenters. The standard InChI is InChI=1S/C12H19N3O2/c1-15(2)9-4-3-5-10(8-9)17-7-6-11(13)12(14)16/h3-5,8,11H,6-7,13H2,1-2H3,(H2,14,16). The molecule has 5 heteroatoms. The second kappa shape index (κ2) is 6.10. The lowest BCUT2D eigenvalue weighted by molar-refractivity contribution is -0.119. The highest BCUT2D eigenvalue weighted by atomic mass is 16.5. The summed E-state index contributed by atoms with van der Waals surface area (Å²) in [6.45, 7) is 0.376. The van der Waals surface area contributed by atoms with E-state index in [1.807, 2.05) is 43.3 Å². The first-order valence-electron chi connectivity index (χ1n) is 5.46. The molecule has 1 atom stereocenters. The Labute approximate surface area is 101 Å². The summed E-state index contributed by atoms with van der Waals surface area (Å²) in [7, 11) is 3.92. The zero-order chi connectivity index (χ0) is 12.8. The average Bonchev–Trinajstić information content (AvgIpc) is 2.29. The number of primary amides is 1. The number of nitrogens with two attached hydrogens (primary N) is 2. The van der Waals surface area contributed by atoms with Crippen molar-refractivity contribution in [2.75, 3.05) is 25.6 Å². The van der Waals surface area contributed by atoms with E-state index < -0.39 is 11.9 Å². The monoisotopic (exact) mass is 237 g/mol. The molecule has 0 spiro atoms. The predicted octanol–water partition coefficient (Wildman–Crippen LogP) is 0.334. The van der Waals surface area contributed by atoms with Crippen LogP contribution in [0.25, 0.3) is 0 Å². The average molecular weight is 237 g/mol. The van der Waals surface area contributed by atoms with E-state index in [-0.39, 0.29) is 0 Å². The Balaban J connectivity index is 2.47. The van der Waals surface area contributed by atoms with Crippen LogP contribution in [-0.4, -0.2) is 32.7 Å². The zero-order valence-corrected chi connectivity index (χ0v) is 10.2. The van der Waals surface area contributed by atoms with Crippen LogP contribution < -0.4 is 21.1 Å². The van der Waals surface area contributed by atoms with Crippen LogP contribution in [0.3, 0.4) is 0 Å². The van der Waals surface area contributed by atoms with Gasteiger partial charge in [0.2, 0.25) is 5.91 Å². The zero-order valence-electron chi connectivity index (χ0n) is 10.2. The van der Waals surface area contributed by atoms with Crippen LogP contribution in [-0.2, 0) is 4.79 Å². The van der Waals surface area contributed by atoms with E-state index in [1.165, 1.54) is 0 Å². The second-order valence-electron chi connectivity index (χ2n) is 4.04. The van der Waals surface area contributed by atoms with Gasteiger partial charge in [-0.05, 0) is 12.1 Å². The fraction of sp³-hybridized carbons (Fsp3) is 0.417. The molecule has 1 rings (SSSR count). The number of carbonyl (C=O) groups excluding carboxylic acids is 1. The summed E-state index contributed by atoms with van der Waals surface area (Å²) in [6, 6.07) is 7.05. The van der Waals surface area contributed by atoms with Crippen molar-refractivity contribution in [1.29, 1.82) is 0 Å². The normalized spacial score (nSPS) is 11.9. The smallest absolute Gasteiger partial charge is 0.234 e.